The standard InChI is InChI=1S/C40H66N4O16/c1-3-4-5-6-7-8-9-10-11-12-13-14-15-16-17-26(48)42-29-33(53)30(50)24(57-39(29)60-38-28(41-22(2)46)32(52)31(51)25(21-45)58-38)20-23(47)36-34(54)35(55)37(59-36)44-19-18-27(49)43-40(44)56/h16-19,23-25,28-39,45,47,50-55H,3-15,20-21H2,1-2H3,(H,41,46)(H,42,48)(H,43,49,56)/b17-16+/t23?,24?,25-,28-,29-,30+,31-,32-,33-,34+,35-,36-,37-,38?,39+/m1/s1. The third-order valence-corrected chi connectivity index (χ3v) is 11.3. The van der Waals surface area contributed by atoms with Gasteiger partial charge in [-0.3, -0.25) is 23.9 Å². The molecule has 0 spiro atoms. The van der Waals surface area contributed by atoms with Crippen LogP contribution in [0.1, 0.15) is 110 Å². The second kappa shape index (κ2) is 24.5. The summed E-state index contributed by atoms with van der Waals surface area (Å²) in [5.41, 5.74) is -1.68. The molecule has 4 rings (SSSR count). The Morgan fingerprint density at radius 2 is 1.33 bits per heavy atom. The molecule has 1 aromatic rings. The smallest absolute Gasteiger partial charge is 0.330 e. The van der Waals surface area contributed by atoms with Crippen LogP contribution in [0, 0.1) is 0 Å². The van der Waals surface area contributed by atoms with E-state index in [0.717, 1.165) is 49.4 Å². The fourth-order valence-corrected chi connectivity index (χ4v) is 7.85. The van der Waals surface area contributed by atoms with Gasteiger partial charge in [-0.15, -0.1) is 0 Å². The van der Waals surface area contributed by atoms with E-state index in [1.807, 2.05) is 4.98 Å². The minimum absolute atomic E-state index is 0.597. The molecule has 1 aromatic heterocycles. The first kappa shape index (κ1) is 49.5. The number of aromatic nitrogens is 2. The summed E-state index contributed by atoms with van der Waals surface area (Å²) in [5, 5.41) is 91.5. The highest BCUT2D eigenvalue weighted by molar-refractivity contribution is 5.87. The summed E-state index contributed by atoms with van der Waals surface area (Å²) in [5.74, 6) is -1.35. The Morgan fingerprint density at radius 3 is 1.90 bits per heavy atom. The number of ether oxygens (including phenoxy) is 4. The predicted octanol–water partition coefficient (Wildman–Crippen LogP) is -1.55. The van der Waals surface area contributed by atoms with E-state index >= 15 is 0 Å². The van der Waals surface area contributed by atoms with E-state index in [9.17, 15) is 60.0 Å². The van der Waals surface area contributed by atoms with Gasteiger partial charge in [-0.2, -0.15) is 0 Å². The molecule has 342 valence electrons. The molecule has 20 heteroatoms. The van der Waals surface area contributed by atoms with E-state index in [-0.39, 0.29) is 0 Å². The van der Waals surface area contributed by atoms with Gasteiger partial charge in [0, 0.05) is 25.6 Å². The van der Waals surface area contributed by atoms with Crippen LogP contribution >= 0.6 is 0 Å². The molecule has 20 nitrogen and oxygen atoms in total. The number of aliphatic hydroxyl groups is 8. The number of allylic oxidation sites excluding steroid dienone is 1. The summed E-state index contributed by atoms with van der Waals surface area (Å²) in [6.07, 6.45) is -3.63. The molecular formula is C40H66N4O16. The number of nitrogens with zero attached hydrogens (tertiary/aromatic N) is 1. The molecule has 0 radical (unpaired) electrons. The zero-order chi connectivity index (χ0) is 43.9. The lowest BCUT2D eigenvalue weighted by Gasteiger charge is -2.47. The van der Waals surface area contributed by atoms with E-state index in [0.29, 0.717) is 6.42 Å². The number of hydrogen-bond donors (Lipinski definition) is 11. The molecule has 0 aliphatic carbocycles. The maximum Gasteiger partial charge on any atom is 0.330 e. The van der Waals surface area contributed by atoms with E-state index in [1.54, 1.807) is 6.08 Å². The molecule has 3 unspecified atom stereocenters. The fourth-order valence-electron chi connectivity index (χ4n) is 7.85. The molecule has 0 aromatic carbocycles. The van der Waals surface area contributed by atoms with Crippen LogP contribution in [0.5, 0.6) is 0 Å². The Bertz CT molecular complexity index is 1610. The second-order valence-electron chi connectivity index (χ2n) is 16.0. The molecule has 4 heterocycles. The summed E-state index contributed by atoms with van der Waals surface area (Å²) in [4.78, 5) is 51.2. The minimum atomic E-state index is -1.85. The lowest BCUT2D eigenvalue weighted by atomic mass is 9.91. The highest BCUT2D eigenvalue weighted by Gasteiger charge is 2.53. The summed E-state index contributed by atoms with van der Waals surface area (Å²) in [6, 6.07) is -2.01. The molecule has 2 amide bonds. The Kier molecular flexibility index (Phi) is 20.2. The van der Waals surface area contributed by atoms with Crippen molar-refractivity contribution in [3.63, 3.8) is 0 Å². The average Bonchev–Trinajstić information content (AvgIpc) is 3.50. The third kappa shape index (κ3) is 13.7. The molecule has 0 saturated carbocycles. The van der Waals surface area contributed by atoms with Crippen molar-refractivity contribution in [2.45, 2.75) is 196 Å². The van der Waals surface area contributed by atoms with Gasteiger partial charge in [0.2, 0.25) is 11.8 Å². The van der Waals surface area contributed by atoms with Crippen LogP contribution in [0.4, 0.5) is 0 Å². The zero-order valence-corrected chi connectivity index (χ0v) is 34.4. The first-order valence-electron chi connectivity index (χ1n) is 21.2. The van der Waals surface area contributed by atoms with Crippen LogP contribution in [-0.4, -0.2) is 155 Å². The maximum absolute atomic E-state index is 13.2. The quantitative estimate of drug-likeness (QED) is 0.0438. The van der Waals surface area contributed by atoms with Crippen molar-refractivity contribution in [1.29, 1.82) is 0 Å². The van der Waals surface area contributed by atoms with Crippen molar-refractivity contribution in [1.82, 2.24) is 20.2 Å². The number of aliphatic hydroxyl groups excluding tert-OH is 8. The van der Waals surface area contributed by atoms with Gasteiger partial charge in [-0.05, 0) is 18.9 Å². The van der Waals surface area contributed by atoms with Crippen LogP contribution < -0.4 is 21.9 Å². The number of unbranched alkanes of at least 4 members (excludes halogenated alkanes) is 12. The van der Waals surface area contributed by atoms with Crippen molar-refractivity contribution in [3.05, 3.63) is 45.3 Å². The molecule has 3 saturated heterocycles. The molecular weight excluding hydrogens is 792 g/mol. The summed E-state index contributed by atoms with van der Waals surface area (Å²) in [6.45, 7) is 2.56. The number of rotatable bonds is 23. The van der Waals surface area contributed by atoms with Crippen molar-refractivity contribution in [2.75, 3.05) is 6.61 Å². The topological polar surface area (TPSA) is 312 Å². The van der Waals surface area contributed by atoms with E-state index in [4.69, 9.17) is 18.9 Å². The molecule has 15 atom stereocenters. The van der Waals surface area contributed by atoms with Gasteiger partial charge in [0.1, 0.15) is 60.9 Å². The monoisotopic (exact) mass is 858 g/mol. The highest BCUT2D eigenvalue weighted by atomic mass is 16.8. The molecule has 11 N–H and O–H groups in total. The largest absolute Gasteiger partial charge is 0.394 e. The van der Waals surface area contributed by atoms with E-state index in [1.165, 1.54) is 57.4 Å². The van der Waals surface area contributed by atoms with Crippen molar-refractivity contribution >= 4 is 11.8 Å². The lowest BCUT2D eigenvalue weighted by molar-refractivity contribution is -0.346. The minimum Gasteiger partial charge on any atom is -0.394 e. The average molecular weight is 859 g/mol. The maximum atomic E-state index is 13.2. The van der Waals surface area contributed by atoms with Gasteiger partial charge < -0.3 is 70.4 Å². The molecule has 3 aliphatic rings. The summed E-state index contributed by atoms with van der Waals surface area (Å²) in [7, 11) is 0. The number of carbonyl (C=O) groups is 2. The number of carbonyl (C=O) groups excluding carboxylic acids is 2. The second-order valence-corrected chi connectivity index (χ2v) is 16.0. The number of hydrogen-bond acceptors (Lipinski definition) is 16. The SMILES string of the molecule is CCCCCCCCCCCCCC/C=C/C(=O)N[C@H]1[C@H](OC2O[C@H](CO)[C@@H](O)[C@H](O)[C@H]2NC(C)=O)OC(CC(O)[C@H]2O[C@@H](n3ccc(=O)[nH]c3=O)[C@H](O)[C@@H]2O)[C@H](O)[C@@H]1O. The van der Waals surface area contributed by atoms with Crippen LogP contribution in [0.2, 0.25) is 0 Å². The first-order chi connectivity index (χ1) is 28.7. The lowest BCUT2D eigenvalue weighted by Crippen LogP contribution is -2.68. The summed E-state index contributed by atoms with van der Waals surface area (Å²) < 4.78 is 24.1. The van der Waals surface area contributed by atoms with Gasteiger partial charge >= 0.3 is 5.69 Å². The van der Waals surface area contributed by atoms with Crippen molar-refractivity contribution < 1.29 is 69.4 Å². The fraction of sp³-hybridized carbons (Fsp3) is 0.800. The van der Waals surface area contributed by atoms with Gasteiger partial charge in [0.05, 0.1) is 18.8 Å². The van der Waals surface area contributed by atoms with Crippen LogP contribution in [0.3, 0.4) is 0 Å². The van der Waals surface area contributed by atoms with Gasteiger partial charge in [0.25, 0.3) is 5.56 Å². The Hall–Kier alpha value is -3.12. The van der Waals surface area contributed by atoms with Crippen LogP contribution in [0.25, 0.3) is 0 Å². The Labute approximate surface area is 348 Å². The Morgan fingerprint density at radius 1 is 0.783 bits per heavy atom. The zero-order valence-electron chi connectivity index (χ0n) is 34.4. The van der Waals surface area contributed by atoms with Crippen molar-refractivity contribution in [3.8, 4) is 0 Å². The number of nitrogens with one attached hydrogen (secondary N) is 3. The van der Waals surface area contributed by atoms with Gasteiger partial charge in [-0.25, -0.2) is 4.79 Å². The molecule has 0 bridgehead atoms. The Balaban J connectivity index is 1.42. The number of aromatic amines is 1. The summed E-state index contributed by atoms with van der Waals surface area (Å²) >= 11 is 0. The van der Waals surface area contributed by atoms with Gasteiger partial charge in [0.15, 0.2) is 18.8 Å². The molecule has 60 heavy (non-hydrogen) atoms. The normalized spacial score (nSPS) is 33.8. The van der Waals surface area contributed by atoms with Crippen LogP contribution in [0.15, 0.2) is 34.0 Å². The third-order valence-electron chi connectivity index (χ3n) is 11.3. The van der Waals surface area contributed by atoms with Crippen molar-refractivity contribution in [2.24, 2.45) is 0 Å². The number of H-pyrrole nitrogens is 1. The highest BCUT2D eigenvalue weighted by Crippen LogP contribution is 2.34. The van der Waals surface area contributed by atoms with E-state index in [2.05, 4.69) is 17.6 Å². The van der Waals surface area contributed by atoms with Crippen LogP contribution in [-0.2, 0) is 28.5 Å². The van der Waals surface area contributed by atoms with E-state index < -0.39 is 128 Å². The molecule has 3 fully saturated rings. The first-order valence-corrected chi connectivity index (χ1v) is 21.2. The predicted molar refractivity (Wildman–Crippen MR) is 212 cm³/mol. The molecule has 3 aliphatic heterocycles. The number of amides is 2. The van der Waals surface area contributed by atoms with Gasteiger partial charge in [-0.1, -0.05) is 83.6 Å².